The number of aliphatic hydroxyl groups excluding tert-OH is 1. The molecule has 0 radical (unpaired) electrons. The van der Waals surface area contributed by atoms with E-state index >= 15 is 0 Å². The standard InChI is InChI=1S/C12H17ClFNO/c1-12(2,3)11(16)10(15)8-6-7(13)4-5-9(8)14/h4-6,10-11,16H,15H2,1-3H3/t10-,11-/m0/s1. The Morgan fingerprint density at radius 3 is 2.44 bits per heavy atom. The molecule has 2 nitrogen and oxygen atoms in total. The number of hydrogen-bond acceptors (Lipinski definition) is 2. The van der Waals surface area contributed by atoms with Crippen molar-refractivity contribution in [3.8, 4) is 0 Å². The lowest BCUT2D eigenvalue weighted by atomic mass is 9.82. The van der Waals surface area contributed by atoms with Gasteiger partial charge in [-0.25, -0.2) is 4.39 Å². The van der Waals surface area contributed by atoms with Gasteiger partial charge in [0, 0.05) is 10.6 Å². The van der Waals surface area contributed by atoms with E-state index in [9.17, 15) is 9.50 Å². The number of rotatable bonds is 2. The van der Waals surface area contributed by atoms with E-state index < -0.39 is 23.4 Å². The van der Waals surface area contributed by atoms with E-state index in [-0.39, 0.29) is 5.56 Å². The summed E-state index contributed by atoms with van der Waals surface area (Å²) >= 11 is 5.78. The first kappa shape index (κ1) is 13.4. The Hall–Kier alpha value is -0.640. The van der Waals surface area contributed by atoms with E-state index in [1.165, 1.54) is 18.2 Å². The van der Waals surface area contributed by atoms with Crippen LogP contribution in [0, 0.1) is 11.2 Å². The topological polar surface area (TPSA) is 46.2 Å². The molecule has 0 amide bonds. The molecule has 0 heterocycles. The van der Waals surface area contributed by atoms with E-state index in [0.717, 1.165) is 0 Å². The molecule has 1 aromatic rings. The fourth-order valence-electron chi connectivity index (χ4n) is 1.48. The zero-order valence-electron chi connectivity index (χ0n) is 9.67. The van der Waals surface area contributed by atoms with Gasteiger partial charge in [0.1, 0.15) is 5.82 Å². The van der Waals surface area contributed by atoms with Crippen LogP contribution in [-0.4, -0.2) is 11.2 Å². The number of aliphatic hydroxyl groups is 1. The summed E-state index contributed by atoms with van der Waals surface area (Å²) in [6.45, 7) is 5.54. The Morgan fingerprint density at radius 2 is 1.94 bits per heavy atom. The van der Waals surface area contributed by atoms with Gasteiger partial charge in [0.2, 0.25) is 0 Å². The quantitative estimate of drug-likeness (QED) is 0.842. The number of hydrogen-bond donors (Lipinski definition) is 2. The lowest BCUT2D eigenvalue weighted by Gasteiger charge is -2.31. The third-order valence-electron chi connectivity index (χ3n) is 2.54. The van der Waals surface area contributed by atoms with Gasteiger partial charge in [-0.05, 0) is 23.6 Å². The molecule has 90 valence electrons. The molecule has 4 heteroatoms. The Kier molecular flexibility index (Phi) is 3.94. The molecule has 0 bridgehead atoms. The van der Waals surface area contributed by atoms with Crippen LogP contribution in [0.1, 0.15) is 32.4 Å². The van der Waals surface area contributed by atoms with Crippen molar-refractivity contribution in [3.05, 3.63) is 34.6 Å². The highest BCUT2D eigenvalue weighted by Gasteiger charge is 2.30. The molecule has 0 fully saturated rings. The molecule has 0 saturated carbocycles. The zero-order chi connectivity index (χ0) is 12.5. The average Bonchev–Trinajstić information content (AvgIpc) is 2.18. The summed E-state index contributed by atoms with van der Waals surface area (Å²) in [6, 6.07) is 3.39. The molecule has 0 aliphatic carbocycles. The van der Waals surface area contributed by atoms with Gasteiger partial charge in [0.15, 0.2) is 0 Å². The van der Waals surface area contributed by atoms with Crippen LogP contribution < -0.4 is 5.73 Å². The SMILES string of the molecule is CC(C)(C)[C@@H](O)[C@@H](N)c1cc(Cl)ccc1F. The molecular weight excluding hydrogens is 229 g/mol. The van der Waals surface area contributed by atoms with Crippen molar-refractivity contribution >= 4 is 11.6 Å². The minimum Gasteiger partial charge on any atom is -0.391 e. The highest BCUT2D eigenvalue weighted by Crippen LogP contribution is 2.30. The molecule has 0 saturated heterocycles. The minimum absolute atomic E-state index is 0.245. The molecule has 0 aliphatic rings. The van der Waals surface area contributed by atoms with Crippen molar-refractivity contribution in [2.75, 3.05) is 0 Å². The van der Waals surface area contributed by atoms with E-state index in [0.29, 0.717) is 5.02 Å². The molecule has 0 aromatic heterocycles. The smallest absolute Gasteiger partial charge is 0.128 e. The van der Waals surface area contributed by atoms with E-state index in [4.69, 9.17) is 17.3 Å². The van der Waals surface area contributed by atoms with Crippen LogP contribution in [0.5, 0.6) is 0 Å². The largest absolute Gasteiger partial charge is 0.391 e. The van der Waals surface area contributed by atoms with Gasteiger partial charge < -0.3 is 10.8 Å². The molecule has 1 rings (SSSR count). The number of nitrogens with two attached hydrogens (primary N) is 1. The maximum atomic E-state index is 13.5. The van der Waals surface area contributed by atoms with Gasteiger partial charge in [0.25, 0.3) is 0 Å². The summed E-state index contributed by atoms with van der Waals surface area (Å²) in [5.41, 5.74) is 5.68. The van der Waals surface area contributed by atoms with Gasteiger partial charge in [0.05, 0.1) is 12.1 Å². The summed E-state index contributed by atoms with van der Waals surface area (Å²) in [5.74, 6) is -0.444. The molecular formula is C12H17ClFNO. The second-order valence-corrected chi connectivity index (χ2v) is 5.44. The highest BCUT2D eigenvalue weighted by molar-refractivity contribution is 6.30. The van der Waals surface area contributed by atoms with E-state index in [1.54, 1.807) is 0 Å². The number of benzene rings is 1. The lowest BCUT2D eigenvalue weighted by molar-refractivity contribution is 0.0391. The van der Waals surface area contributed by atoms with Crippen LogP contribution in [-0.2, 0) is 0 Å². The minimum atomic E-state index is -0.833. The second-order valence-electron chi connectivity index (χ2n) is 5.00. The predicted octanol–water partition coefficient (Wildman–Crippen LogP) is 2.89. The normalized spacial score (nSPS) is 15.9. The lowest BCUT2D eigenvalue weighted by Crippen LogP contribution is -2.37. The van der Waals surface area contributed by atoms with Gasteiger partial charge >= 0.3 is 0 Å². The predicted molar refractivity (Wildman–Crippen MR) is 63.8 cm³/mol. The van der Waals surface area contributed by atoms with Crippen molar-refractivity contribution < 1.29 is 9.50 Å². The molecule has 1 aromatic carbocycles. The highest BCUT2D eigenvalue weighted by atomic mass is 35.5. The van der Waals surface area contributed by atoms with Crippen LogP contribution in [0.15, 0.2) is 18.2 Å². The van der Waals surface area contributed by atoms with Crippen LogP contribution in [0.4, 0.5) is 4.39 Å². The molecule has 2 atom stereocenters. The summed E-state index contributed by atoms with van der Waals surface area (Å²) in [4.78, 5) is 0. The van der Waals surface area contributed by atoms with Crippen molar-refractivity contribution in [2.45, 2.75) is 32.9 Å². The Balaban J connectivity index is 3.05. The Labute approximate surface area is 100 Å². The van der Waals surface area contributed by atoms with Crippen LogP contribution in [0.25, 0.3) is 0 Å². The monoisotopic (exact) mass is 245 g/mol. The Morgan fingerprint density at radius 1 is 1.38 bits per heavy atom. The summed E-state index contributed by atoms with van der Waals surface area (Å²) < 4.78 is 13.5. The van der Waals surface area contributed by atoms with Crippen LogP contribution in [0.3, 0.4) is 0 Å². The van der Waals surface area contributed by atoms with Crippen LogP contribution >= 0.6 is 11.6 Å². The van der Waals surface area contributed by atoms with Crippen molar-refractivity contribution in [1.29, 1.82) is 0 Å². The maximum Gasteiger partial charge on any atom is 0.128 e. The van der Waals surface area contributed by atoms with Crippen molar-refractivity contribution in [3.63, 3.8) is 0 Å². The van der Waals surface area contributed by atoms with Crippen LogP contribution in [0.2, 0.25) is 5.02 Å². The summed E-state index contributed by atoms with van der Waals surface area (Å²) in [6.07, 6.45) is -0.833. The zero-order valence-corrected chi connectivity index (χ0v) is 10.4. The average molecular weight is 246 g/mol. The molecule has 0 aliphatic heterocycles. The molecule has 16 heavy (non-hydrogen) atoms. The van der Waals surface area contributed by atoms with Crippen molar-refractivity contribution in [1.82, 2.24) is 0 Å². The molecule has 0 unspecified atom stereocenters. The van der Waals surface area contributed by atoms with Crippen molar-refractivity contribution in [2.24, 2.45) is 11.1 Å². The third kappa shape index (κ3) is 2.94. The van der Waals surface area contributed by atoms with Gasteiger partial charge in [-0.1, -0.05) is 32.4 Å². The van der Waals surface area contributed by atoms with E-state index in [1.807, 2.05) is 20.8 Å². The first-order valence-corrected chi connectivity index (χ1v) is 5.50. The van der Waals surface area contributed by atoms with E-state index in [2.05, 4.69) is 0 Å². The molecule has 0 spiro atoms. The third-order valence-corrected chi connectivity index (χ3v) is 2.78. The Bertz CT molecular complexity index is 376. The fraction of sp³-hybridized carbons (Fsp3) is 0.500. The first-order chi connectivity index (χ1) is 7.23. The summed E-state index contributed by atoms with van der Waals surface area (Å²) in [5, 5.41) is 10.4. The van der Waals surface area contributed by atoms with Gasteiger partial charge in [-0.15, -0.1) is 0 Å². The second kappa shape index (κ2) is 4.70. The number of halogens is 2. The maximum absolute atomic E-state index is 13.5. The molecule has 3 N–H and O–H groups in total. The first-order valence-electron chi connectivity index (χ1n) is 5.12. The summed E-state index contributed by atoms with van der Waals surface area (Å²) in [7, 11) is 0. The van der Waals surface area contributed by atoms with Gasteiger partial charge in [-0.3, -0.25) is 0 Å². The van der Waals surface area contributed by atoms with Gasteiger partial charge in [-0.2, -0.15) is 0 Å². The fourth-order valence-corrected chi connectivity index (χ4v) is 1.66.